The van der Waals surface area contributed by atoms with Gasteiger partial charge in [-0.25, -0.2) is 9.37 Å². The maximum Gasteiger partial charge on any atom is 0.304 e. The molecule has 6 nitrogen and oxygen atoms in total. The maximum absolute atomic E-state index is 13.4. The summed E-state index contributed by atoms with van der Waals surface area (Å²) < 4.78 is 18.2. The second-order valence-electron chi connectivity index (χ2n) is 4.01. The molecule has 0 saturated carbocycles. The summed E-state index contributed by atoms with van der Waals surface area (Å²) in [6.07, 6.45) is -0.994. The number of aromatic nitrogens is 3. The predicted molar refractivity (Wildman–Crippen MR) is 65.2 cm³/mol. The van der Waals surface area contributed by atoms with Gasteiger partial charge in [0.05, 0.1) is 0 Å². The van der Waals surface area contributed by atoms with Crippen LogP contribution < -0.4 is 5.73 Å². The molecule has 0 spiro atoms. The molecule has 0 aliphatic rings. The van der Waals surface area contributed by atoms with E-state index in [2.05, 4.69) is 15.2 Å². The van der Waals surface area contributed by atoms with Crippen molar-refractivity contribution >= 4 is 5.97 Å². The first kappa shape index (κ1) is 13.2. The molecule has 2 aromatic rings. The van der Waals surface area contributed by atoms with Gasteiger partial charge in [0.1, 0.15) is 11.6 Å². The molecule has 0 fully saturated rings. The van der Waals surface area contributed by atoms with E-state index in [4.69, 9.17) is 10.5 Å². The number of aryl methyl sites for hydroxylation is 1. The summed E-state index contributed by atoms with van der Waals surface area (Å²) in [4.78, 5) is 15.0. The van der Waals surface area contributed by atoms with Crippen LogP contribution in [0.4, 0.5) is 4.39 Å². The Morgan fingerprint density at radius 3 is 2.84 bits per heavy atom. The first-order chi connectivity index (χ1) is 8.97. The molecule has 0 saturated heterocycles. The van der Waals surface area contributed by atoms with Gasteiger partial charge < -0.3 is 4.74 Å². The van der Waals surface area contributed by atoms with Crippen LogP contribution in [0.3, 0.4) is 0 Å². The Balaban J connectivity index is 2.46. The normalized spacial score (nSPS) is 12.2. The SMILES string of the molecule is CC(=O)OC(N)c1ccc(F)cc1-c1n[nH]c(C)n1. The summed E-state index contributed by atoms with van der Waals surface area (Å²) in [6, 6.07) is 3.94. The number of nitrogens with two attached hydrogens (primary N) is 1. The van der Waals surface area contributed by atoms with Crippen LogP contribution in [0.2, 0.25) is 0 Å². The van der Waals surface area contributed by atoms with Crippen LogP contribution in [0.25, 0.3) is 11.4 Å². The van der Waals surface area contributed by atoms with Crippen LogP contribution in [0.15, 0.2) is 18.2 Å². The molecule has 1 atom stereocenters. The van der Waals surface area contributed by atoms with E-state index in [0.29, 0.717) is 22.8 Å². The molecule has 0 amide bonds. The first-order valence-corrected chi connectivity index (χ1v) is 5.59. The first-order valence-electron chi connectivity index (χ1n) is 5.59. The molecule has 100 valence electrons. The lowest BCUT2D eigenvalue weighted by Crippen LogP contribution is -2.18. The molecule has 0 aliphatic heterocycles. The highest BCUT2D eigenvalue weighted by Gasteiger charge is 2.18. The fourth-order valence-corrected chi connectivity index (χ4v) is 1.68. The summed E-state index contributed by atoms with van der Waals surface area (Å²) in [5, 5.41) is 6.61. The Kier molecular flexibility index (Phi) is 3.57. The summed E-state index contributed by atoms with van der Waals surface area (Å²) in [5.41, 5.74) is 6.59. The van der Waals surface area contributed by atoms with Gasteiger partial charge in [0.25, 0.3) is 0 Å². The monoisotopic (exact) mass is 264 g/mol. The number of hydrogen-bond donors (Lipinski definition) is 2. The van der Waals surface area contributed by atoms with Crippen molar-refractivity contribution in [3.05, 3.63) is 35.4 Å². The van der Waals surface area contributed by atoms with Crippen LogP contribution in [0, 0.1) is 12.7 Å². The average Bonchev–Trinajstić information content (AvgIpc) is 2.74. The van der Waals surface area contributed by atoms with Crippen LogP contribution >= 0.6 is 0 Å². The third kappa shape index (κ3) is 2.94. The van der Waals surface area contributed by atoms with E-state index in [9.17, 15) is 9.18 Å². The molecule has 7 heteroatoms. The lowest BCUT2D eigenvalue weighted by molar-refractivity contribution is -0.146. The molecule has 1 aromatic heterocycles. The predicted octanol–water partition coefficient (Wildman–Crippen LogP) is 1.44. The molecular formula is C12H13FN4O2. The molecule has 1 aromatic carbocycles. The number of carbonyl (C=O) groups is 1. The van der Waals surface area contributed by atoms with Crippen LogP contribution in [0.5, 0.6) is 0 Å². The lowest BCUT2D eigenvalue weighted by Gasteiger charge is -2.14. The van der Waals surface area contributed by atoms with Crippen molar-refractivity contribution in [2.45, 2.75) is 20.1 Å². The second kappa shape index (κ2) is 5.15. The average molecular weight is 264 g/mol. The number of nitrogens with one attached hydrogen (secondary N) is 1. The molecule has 19 heavy (non-hydrogen) atoms. The summed E-state index contributed by atoms with van der Waals surface area (Å²) in [7, 11) is 0. The van der Waals surface area contributed by atoms with Crippen molar-refractivity contribution in [1.82, 2.24) is 15.2 Å². The van der Waals surface area contributed by atoms with Crippen molar-refractivity contribution in [2.24, 2.45) is 5.73 Å². The molecule has 2 rings (SSSR count). The topological polar surface area (TPSA) is 93.9 Å². The number of ether oxygens (including phenoxy) is 1. The Hall–Kier alpha value is -2.28. The van der Waals surface area contributed by atoms with Gasteiger partial charge >= 0.3 is 5.97 Å². The van der Waals surface area contributed by atoms with Gasteiger partial charge in [-0.1, -0.05) is 6.07 Å². The van der Waals surface area contributed by atoms with Crippen molar-refractivity contribution in [3.63, 3.8) is 0 Å². The van der Waals surface area contributed by atoms with Crippen LogP contribution in [-0.2, 0) is 9.53 Å². The molecule has 0 bridgehead atoms. The quantitative estimate of drug-likeness (QED) is 0.646. The van der Waals surface area contributed by atoms with Crippen molar-refractivity contribution in [3.8, 4) is 11.4 Å². The van der Waals surface area contributed by atoms with Crippen molar-refractivity contribution < 1.29 is 13.9 Å². The summed E-state index contributed by atoms with van der Waals surface area (Å²) in [6.45, 7) is 2.97. The van der Waals surface area contributed by atoms with E-state index in [-0.39, 0.29) is 0 Å². The van der Waals surface area contributed by atoms with E-state index >= 15 is 0 Å². The molecule has 0 radical (unpaired) electrons. The number of hydrogen-bond acceptors (Lipinski definition) is 5. The third-order valence-corrected chi connectivity index (χ3v) is 2.45. The zero-order chi connectivity index (χ0) is 14.0. The standard InChI is InChI=1S/C12H13FN4O2/c1-6-15-12(17-16-6)10-5-8(13)3-4-9(10)11(14)19-7(2)18/h3-5,11H,14H2,1-2H3,(H,15,16,17). The highest BCUT2D eigenvalue weighted by atomic mass is 19.1. The lowest BCUT2D eigenvalue weighted by atomic mass is 10.1. The van der Waals surface area contributed by atoms with E-state index in [0.717, 1.165) is 0 Å². The van der Waals surface area contributed by atoms with E-state index in [1.807, 2.05) is 0 Å². The highest BCUT2D eigenvalue weighted by molar-refractivity contribution is 5.67. The zero-order valence-corrected chi connectivity index (χ0v) is 10.5. The van der Waals surface area contributed by atoms with E-state index in [1.54, 1.807) is 6.92 Å². The number of carbonyl (C=O) groups excluding carboxylic acids is 1. The Morgan fingerprint density at radius 2 is 2.26 bits per heavy atom. The zero-order valence-electron chi connectivity index (χ0n) is 10.5. The molecule has 0 aliphatic carbocycles. The second-order valence-corrected chi connectivity index (χ2v) is 4.01. The van der Waals surface area contributed by atoms with Crippen LogP contribution in [0.1, 0.15) is 24.5 Å². The highest BCUT2D eigenvalue weighted by Crippen LogP contribution is 2.26. The van der Waals surface area contributed by atoms with Gasteiger partial charge in [0.2, 0.25) is 0 Å². The number of aromatic amines is 1. The molecule has 1 heterocycles. The fourth-order valence-electron chi connectivity index (χ4n) is 1.68. The number of H-pyrrole nitrogens is 1. The van der Waals surface area contributed by atoms with Gasteiger partial charge in [-0.05, 0) is 19.1 Å². The van der Waals surface area contributed by atoms with Crippen molar-refractivity contribution in [1.29, 1.82) is 0 Å². The van der Waals surface area contributed by atoms with Crippen LogP contribution in [-0.4, -0.2) is 21.2 Å². The number of rotatable bonds is 3. The Morgan fingerprint density at radius 1 is 1.53 bits per heavy atom. The van der Waals surface area contributed by atoms with Gasteiger partial charge in [-0.15, -0.1) is 0 Å². The fraction of sp³-hybridized carbons (Fsp3) is 0.250. The third-order valence-electron chi connectivity index (χ3n) is 2.45. The maximum atomic E-state index is 13.4. The molecule has 1 unspecified atom stereocenters. The Bertz CT molecular complexity index is 612. The van der Waals surface area contributed by atoms with Crippen molar-refractivity contribution in [2.75, 3.05) is 0 Å². The molecular weight excluding hydrogens is 251 g/mol. The number of benzene rings is 1. The van der Waals surface area contributed by atoms with E-state index < -0.39 is 18.0 Å². The minimum atomic E-state index is -0.994. The molecule has 3 N–H and O–H groups in total. The largest absolute Gasteiger partial charge is 0.443 e. The summed E-state index contributed by atoms with van der Waals surface area (Å²) in [5.74, 6) is -0.0777. The minimum absolute atomic E-state index is 0.301. The van der Waals surface area contributed by atoms with E-state index in [1.165, 1.54) is 25.1 Å². The van der Waals surface area contributed by atoms with Gasteiger partial charge in [-0.3, -0.25) is 15.6 Å². The smallest absolute Gasteiger partial charge is 0.304 e. The minimum Gasteiger partial charge on any atom is -0.443 e. The summed E-state index contributed by atoms with van der Waals surface area (Å²) >= 11 is 0. The number of nitrogens with zero attached hydrogens (tertiary/aromatic N) is 2. The van der Waals surface area contributed by atoms with Gasteiger partial charge in [-0.2, -0.15) is 5.10 Å². The number of esters is 1. The number of halogens is 1. The van der Waals surface area contributed by atoms with Gasteiger partial charge in [0, 0.05) is 18.1 Å². The Labute approximate surface area is 108 Å². The van der Waals surface area contributed by atoms with Gasteiger partial charge in [0.15, 0.2) is 12.1 Å².